The lowest BCUT2D eigenvalue weighted by Crippen LogP contribution is -2.23. The SMILES string of the molecule is CBc1ccc(OCCCOC2CCCCO2)cc1C. The van der Waals surface area contributed by atoms with E-state index in [1.165, 1.54) is 17.4 Å². The standard InChI is InChI=1S/C16H25BO3/c1-13-12-14(7-8-15(13)17-2)18-10-5-11-20-16-6-3-4-9-19-16/h7-8,12,16-17H,3-6,9-11H2,1-2H3. The Kier molecular flexibility index (Phi) is 6.41. The molecule has 1 saturated heterocycles. The van der Waals surface area contributed by atoms with E-state index in [0.29, 0.717) is 13.2 Å². The molecule has 1 atom stereocenters. The number of hydrogen-bond acceptors (Lipinski definition) is 3. The first-order valence-electron chi connectivity index (χ1n) is 7.75. The molecule has 2 rings (SSSR count). The molecule has 1 fully saturated rings. The molecule has 1 unspecified atom stereocenters. The fourth-order valence-corrected chi connectivity index (χ4v) is 2.46. The van der Waals surface area contributed by atoms with Crippen molar-refractivity contribution >= 4 is 12.7 Å². The van der Waals surface area contributed by atoms with Gasteiger partial charge in [-0.2, -0.15) is 0 Å². The minimum Gasteiger partial charge on any atom is -0.494 e. The first-order valence-corrected chi connectivity index (χ1v) is 7.75. The van der Waals surface area contributed by atoms with E-state index in [0.717, 1.165) is 38.9 Å². The van der Waals surface area contributed by atoms with Crippen LogP contribution in [0.15, 0.2) is 18.2 Å². The van der Waals surface area contributed by atoms with Crippen molar-refractivity contribution in [3.8, 4) is 5.75 Å². The summed E-state index contributed by atoms with van der Waals surface area (Å²) in [6.45, 7) is 6.54. The van der Waals surface area contributed by atoms with E-state index in [1.807, 2.05) is 0 Å². The molecule has 110 valence electrons. The van der Waals surface area contributed by atoms with Crippen molar-refractivity contribution in [1.82, 2.24) is 0 Å². The van der Waals surface area contributed by atoms with Gasteiger partial charge in [-0.15, -0.1) is 0 Å². The van der Waals surface area contributed by atoms with Crippen LogP contribution in [0.4, 0.5) is 0 Å². The van der Waals surface area contributed by atoms with Gasteiger partial charge in [0.1, 0.15) is 5.75 Å². The third kappa shape index (κ3) is 4.84. The number of aryl methyl sites for hydroxylation is 1. The summed E-state index contributed by atoms with van der Waals surface area (Å²) in [5.41, 5.74) is 2.69. The lowest BCUT2D eigenvalue weighted by atomic mass is 9.71. The summed E-state index contributed by atoms with van der Waals surface area (Å²) in [5, 5.41) is 0. The second-order valence-corrected chi connectivity index (χ2v) is 5.31. The molecule has 0 spiro atoms. The Balaban J connectivity index is 1.61. The van der Waals surface area contributed by atoms with Crippen LogP contribution in [0.3, 0.4) is 0 Å². The van der Waals surface area contributed by atoms with Gasteiger partial charge in [0.05, 0.1) is 13.2 Å². The highest BCUT2D eigenvalue weighted by atomic mass is 16.7. The Labute approximate surface area is 122 Å². The molecule has 0 aromatic heterocycles. The van der Waals surface area contributed by atoms with Crippen molar-refractivity contribution in [2.45, 2.75) is 45.7 Å². The summed E-state index contributed by atoms with van der Waals surface area (Å²) < 4.78 is 17.0. The van der Waals surface area contributed by atoms with Gasteiger partial charge >= 0.3 is 0 Å². The molecular weight excluding hydrogens is 251 g/mol. The highest BCUT2D eigenvalue weighted by molar-refractivity contribution is 6.52. The second-order valence-electron chi connectivity index (χ2n) is 5.31. The quantitative estimate of drug-likeness (QED) is 0.565. The van der Waals surface area contributed by atoms with Crippen molar-refractivity contribution in [3.63, 3.8) is 0 Å². The molecule has 0 aliphatic carbocycles. The van der Waals surface area contributed by atoms with Crippen LogP contribution in [0.2, 0.25) is 6.82 Å². The molecule has 20 heavy (non-hydrogen) atoms. The zero-order valence-electron chi connectivity index (χ0n) is 12.7. The number of benzene rings is 1. The van der Waals surface area contributed by atoms with Crippen LogP contribution >= 0.6 is 0 Å². The van der Waals surface area contributed by atoms with Gasteiger partial charge in [0, 0.05) is 13.0 Å². The Hall–Kier alpha value is -0.995. The number of rotatable bonds is 7. The molecular formula is C16H25BO3. The fourth-order valence-electron chi connectivity index (χ4n) is 2.46. The molecule has 0 N–H and O–H groups in total. The third-order valence-corrected chi connectivity index (χ3v) is 3.69. The molecule has 1 aromatic carbocycles. The molecule has 1 aromatic rings. The minimum absolute atomic E-state index is 0.00910. The Morgan fingerprint density at radius 3 is 2.90 bits per heavy atom. The lowest BCUT2D eigenvalue weighted by Gasteiger charge is -2.22. The smallest absolute Gasteiger partial charge is 0.157 e. The van der Waals surface area contributed by atoms with Crippen molar-refractivity contribution in [1.29, 1.82) is 0 Å². The van der Waals surface area contributed by atoms with Crippen LogP contribution in [0.25, 0.3) is 0 Å². The highest BCUT2D eigenvalue weighted by Gasteiger charge is 2.13. The summed E-state index contributed by atoms with van der Waals surface area (Å²) in [5.74, 6) is 0.952. The lowest BCUT2D eigenvalue weighted by molar-refractivity contribution is -0.163. The molecule has 4 heteroatoms. The summed E-state index contributed by atoms with van der Waals surface area (Å²) in [6, 6.07) is 6.32. The Bertz CT molecular complexity index is 403. The van der Waals surface area contributed by atoms with Crippen LogP contribution in [-0.4, -0.2) is 33.4 Å². The average Bonchev–Trinajstić information content (AvgIpc) is 2.48. The maximum atomic E-state index is 5.75. The van der Waals surface area contributed by atoms with Crippen LogP contribution in [-0.2, 0) is 9.47 Å². The maximum absolute atomic E-state index is 5.75. The maximum Gasteiger partial charge on any atom is 0.157 e. The van der Waals surface area contributed by atoms with Crippen LogP contribution in [0.5, 0.6) is 5.75 Å². The first-order chi connectivity index (χ1) is 9.79. The third-order valence-electron chi connectivity index (χ3n) is 3.69. The van der Waals surface area contributed by atoms with E-state index in [1.54, 1.807) is 0 Å². The van der Waals surface area contributed by atoms with Crippen molar-refractivity contribution in [3.05, 3.63) is 23.8 Å². The van der Waals surface area contributed by atoms with Crippen molar-refractivity contribution < 1.29 is 14.2 Å². The highest BCUT2D eigenvalue weighted by Crippen LogP contribution is 2.14. The topological polar surface area (TPSA) is 27.7 Å². The molecule has 1 aliphatic rings. The van der Waals surface area contributed by atoms with E-state index in [2.05, 4.69) is 31.9 Å². The predicted octanol–water partition coefficient (Wildman–Crippen LogP) is 2.42. The van der Waals surface area contributed by atoms with Gasteiger partial charge in [-0.25, -0.2) is 0 Å². The molecule has 1 heterocycles. The van der Waals surface area contributed by atoms with Gasteiger partial charge in [-0.3, -0.25) is 0 Å². The average molecular weight is 276 g/mol. The van der Waals surface area contributed by atoms with E-state index in [4.69, 9.17) is 14.2 Å². The van der Waals surface area contributed by atoms with Gasteiger partial charge < -0.3 is 14.2 Å². The largest absolute Gasteiger partial charge is 0.494 e. The minimum atomic E-state index is 0.00910. The Morgan fingerprint density at radius 1 is 1.30 bits per heavy atom. The van der Waals surface area contributed by atoms with E-state index in [9.17, 15) is 0 Å². The van der Waals surface area contributed by atoms with Crippen LogP contribution in [0.1, 0.15) is 31.2 Å². The number of ether oxygens (including phenoxy) is 3. The van der Waals surface area contributed by atoms with E-state index >= 15 is 0 Å². The van der Waals surface area contributed by atoms with Crippen LogP contribution < -0.4 is 10.2 Å². The molecule has 1 aliphatic heterocycles. The summed E-state index contributed by atoms with van der Waals surface area (Å²) in [7, 11) is 1.07. The zero-order valence-corrected chi connectivity index (χ0v) is 12.7. The number of hydrogen-bond donors (Lipinski definition) is 0. The van der Waals surface area contributed by atoms with Gasteiger partial charge in [-0.05, 0) is 38.3 Å². The van der Waals surface area contributed by atoms with Gasteiger partial charge in [0.25, 0.3) is 0 Å². The summed E-state index contributed by atoms with van der Waals surface area (Å²) in [6.07, 6.45) is 4.31. The Morgan fingerprint density at radius 2 is 2.20 bits per heavy atom. The van der Waals surface area contributed by atoms with Crippen LogP contribution in [0, 0.1) is 6.92 Å². The zero-order chi connectivity index (χ0) is 14.2. The fraction of sp³-hybridized carbons (Fsp3) is 0.625. The molecule has 0 saturated carbocycles. The van der Waals surface area contributed by atoms with Crippen molar-refractivity contribution in [2.24, 2.45) is 0 Å². The molecule has 0 radical (unpaired) electrons. The monoisotopic (exact) mass is 276 g/mol. The first kappa shape index (κ1) is 15.4. The second kappa shape index (κ2) is 8.33. The summed E-state index contributed by atoms with van der Waals surface area (Å²) in [4.78, 5) is 0. The molecule has 0 bridgehead atoms. The van der Waals surface area contributed by atoms with E-state index < -0.39 is 0 Å². The van der Waals surface area contributed by atoms with Crippen molar-refractivity contribution in [2.75, 3.05) is 19.8 Å². The van der Waals surface area contributed by atoms with E-state index in [-0.39, 0.29) is 6.29 Å². The normalized spacial score (nSPS) is 18.8. The molecule has 0 amide bonds. The predicted molar refractivity (Wildman–Crippen MR) is 83.5 cm³/mol. The van der Waals surface area contributed by atoms with Gasteiger partial charge in [0.15, 0.2) is 13.6 Å². The molecule has 3 nitrogen and oxygen atoms in total. The van der Waals surface area contributed by atoms with Gasteiger partial charge in [0.2, 0.25) is 0 Å². The van der Waals surface area contributed by atoms with Gasteiger partial charge in [-0.1, -0.05) is 23.9 Å². The summed E-state index contributed by atoms with van der Waals surface area (Å²) >= 11 is 0.